The maximum atomic E-state index is 11.9. The second-order valence-corrected chi connectivity index (χ2v) is 7.10. The summed E-state index contributed by atoms with van der Waals surface area (Å²) in [6.45, 7) is 1.93. The van der Waals surface area contributed by atoms with Crippen LogP contribution in [0.15, 0.2) is 23.1 Å². The molecule has 0 spiro atoms. The molecule has 0 radical (unpaired) electrons. The highest BCUT2D eigenvalue weighted by Crippen LogP contribution is 2.25. The van der Waals surface area contributed by atoms with Gasteiger partial charge < -0.3 is 10.6 Å². The van der Waals surface area contributed by atoms with E-state index in [0.29, 0.717) is 12.3 Å². The monoisotopic (exact) mass is 331 g/mol. The fraction of sp³-hybridized carbons (Fsp3) is 0.462. The molecule has 1 saturated heterocycles. The van der Waals surface area contributed by atoms with Gasteiger partial charge in [-0.25, -0.2) is 13.6 Å². The summed E-state index contributed by atoms with van der Waals surface area (Å²) in [5, 5.41) is 11.2. The van der Waals surface area contributed by atoms with E-state index in [1.165, 1.54) is 18.2 Å². The van der Waals surface area contributed by atoms with Crippen LogP contribution in [-0.4, -0.2) is 27.4 Å². The lowest BCUT2D eigenvalue weighted by molar-refractivity contribution is -0.116. The van der Waals surface area contributed by atoms with Gasteiger partial charge in [0.1, 0.15) is 0 Å². The quantitative estimate of drug-likeness (QED) is 0.757. The Morgan fingerprint density at radius 2 is 2.24 bits per heavy atom. The lowest BCUT2D eigenvalue weighted by Gasteiger charge is -2.10. The molecule has 1 aliphatic rings. The zero-order chi connectivity index (χ0) is 15.5. The average Bonchev–Trinajstić information content (AvgIpc) is 2.91. The van der Waals surface area contributed by atoms with Crippen molar-refractivity contribution in [3.8, 4) is 0 Å². The maximum Gasteiger partial charge on any atom is 0.238 e. The highest BCUT2D eigenvalue weighted by Gasteiger charge is 2.17. The summed E-state index contributed by atoms with van der Waals surface area (Å²) in [7, 11) is -3.82. The van der Waals surface area contributed by atoms with Gasteiger partial charge in [-0.3, -0.25) is 4.79 Å². The van der Waals surface area contributed by atoms with Crippen LogP contribution in [0, 0.1) is 5.92 Å². The van der Waals surface area contributed by atoms with Crippen molar-refractivity contribution in [2.75, 3.05) is 18.4 Å². The minimum absolute atomic E-state index is 0.0813. The molecule has 8 heteroatoms. The molecule has 1 amide bonds. The van der Waals surface area contributed by atoms with Crippen LogP contribution in [0.5, 0.6) is 0 Å². The number of sulfonamides is 1. The van der Waals surface area contributed by atoms with E-state index in [9.17, 15) is 13.2 Å². The summed E-state index contributed by atoms with van der Waals surface area (Å²) >= 11 is 5.96. The summed E-state index contributed by atoms with van der Waals surface area (Å²) in [5.41, 5.74) is 0.262. The molecule has 0 aromatic heterocycles. The van der Waals surface area contributed by atoms with Crippen LogP contribution in [0.4, 0.5) is 5.69 Å². The smallest absolute Gasteiger partial charge is 0.238 e. The van der Waals surface area contributed by atoms with Crippen LogP contribution in [0.25, 0.3) is 0 Å². The molecule has 1 fully saturated rings. The van der Waals surface area contributed by atoms with E-state index in [1.807, 2.05) is 0 Å². The normalized spacial score (nSPS) is 18.7. The molecule has 1 heterocycles. The summed E-state index contributed by atoms with van der Waals surface area (Å²) in [5.74, 6) is 0.331. The number of halogens is 1. The molecule has 1 aromatic carbocycles. The number of nitrogens with two attached hydrogens (primary N) is 1. The summed E-state index contributed by atoms with van der Waals surface area (Å²) in [4.78, 5) is 11.8. The number of hydrogen-bond donors (Lipinski definition) is 3. The predicted molar refractivity (Wildman–Crippen MR) is 81.7 cm³/mol. The molecule has 1 atom stereocenters. The van der Waals surface area contributed by atoms with E-state index in [4.69, 9.17) is 16.7 Å². The van der Waals surface area contributed by atoms with E-state index in [0.717, 1.165) is 25.9 Å². The molecule has 1 aromatic rings. The molecule has 1 aliphatic heterocycles. The summed E-state index contributed by atoms with van der Waals surface area (Å²) in [6, 6.07) is 3.97. The first-order chi connectivity index (χ1) is 9.86. The number of primary sulfonamides is 1. The van der Waals surface area contributed by atoms with Gasteiger partial charge in [-0.1, -0.05) is 11.6 Å². The van der Waals surface area contributed by atoms with Gasteiger partial charge >= 0.3 is 0 Å². The van der Waals surface area contributed by atoms with Gasteiger partial charge in [0.2, 0.25) is 15.9 Å². The van der Waals surface area contributed by atoms with Crippen LogP contribution in [0.1, 0.15) is 19.3 Å². The van der Waals surface area contributed by atoms with Crippen LogP contribution < -0.4 is 15.8 Å². The molecular weight excluding hydrogens is 314 g/mol. The van der Waals surface area contributed by atoms with Crippen molar-refractivity contribution < 1.29 is 13.2 Å². The van der Waals surface area contributed by atoms with Crippen molar-refractivity contribution >= 4 is 33.2 Å². The van der Waals surface area contributed by atoms with Gasteiger partial charge in [0.25, 0.3) is 0 Å². The minimum atomic E-state index is -3.82. The third kappa shape index (κ3) is 4.67. The van der Waals surface area contributed by atoms with E-state index < -0.39 is 10.0 Å². The number of carbonyl (C=O) groups is 1. The molecule has 0 aliphatic carbocycles. The lowest BCUT2D eigenvalue weighted by atomic mass is 10.0. The molecule has 0 saturated carbocycles. The number of rotatable bonds is 5. The van der Waals surface area contributed by atoms with Crippen LogP contribution >= 0.6 is 11.6 Å². The van der Waals surface area contributed by atoms with Crippen molar-refractivity contribution in [2.45, 2.75) is 24.2 Å². The zero-order valence-corrected chi connectivity index (χ0v) is 13.0. The number of carbonyl (C=O) groups excluding carboxylic acids is 1. The third-order valence-electron chi connectivity index (χ3n) is 3.48. The summed E-state index contributed by atoms with van der Waals surface area (Å²) < 4.78 is 22.6. The Morgan fingerprint density at radius 1 is 1.48 bits per heavy atom. The van der Waals surface area contributed by atoms with Crippen LogP contribution in [0.2, 0.25) is 5.02 Å². The SMILES string of the molecule is NS(=O)(=O)c1ccc(Cl)c(NC(=O)CCC2CCNC2)c1. The van der Waals surface area contributed by atoms with Gasteiger partial charge in [0.15, 0.2) is 0 Å². The van der Waals surface area contributed by atoms with E-state index in [2.05, 4.69) is 10.6 Å². The Morgan fingerprint density at radius 3 is 2.86 bits per heavy atom. The Hall–Kier alpha value is -1.15. The fourth-order valence-electron chi connectivity index (χ4n) is 2.29. The Kier molecular flexibility index (Phi) is 5.21. The first-order valence-corrected chi connectivity index (χ1v) is 8.61. The highest BCUT2D eigenvalue weighted by atomic mass is 35.5. The zero-order valence-electron chi connectivity index (χ0n) is 11.4. The molecule has 4 N–H and O–H groups in total. The van der Waals surface area contributed by atoms with Gasteiger partial charge in [-0.2, -0.15) is 0 Å². The Labute approximate surface area is 129 Å². The second kappa shape index (κ2) is 6.74. The molecule has 1 unspecified atom stereocenters. The van der Waals surface area contributed by atoms with Crippen molar-refractivity contribution in [3.63, 3.8) is 0 Å². The minimum Gasteiger partial charge on any atom is -0.325 e. The topological polar surface area (TPSA) is 101 Å². The number of amides is 1. The van der Waals surface area contributed by atoms with Crippen molar-refractivity contribution in [1.29, 1.82) is 0 Å². The molecular formula is C13H18ClN3O3S. The van der Waals surface area contributed by atoms with E-state index >= 15 is 0 Å². The number of anilines is 1. The highest BCUT2D eigenvalue weighted by molar-refractivity contribution is 7.89. The summed E-state index contributed by atoms with van der Waals surface area (Å²) in [6.07, 6.45) is 2.25. The van der Waals surface area contributed by atoms with Crippen molar-refractivity contribution in [1.82, 2.24) is 5.32 Å². The Bertz CT molecular complexity index is 628. The second-order valence-electron chi connectivity index (χ2n) is 5.13. The average molecular weight is 332 g/mol. The van der Waals surface area contributed by atoms with Crippen LogP contribution in [0.3, 0.4) is 0 Å². The molecule has 6 nitrogen and oxygen atoms in total. The Balaban J connectivity index is 1.99. The molecule has 116 valence electrons. The standard InChI is InChI=1S/C13H18ClN3O3S/c14-11-3-2-10(21(15,19)20)7-12(11)17-13(18)4-1-9-5-6-16-8-9/h2-3,7,9,16H,1,4-6,8H2,(H,17,18)(H2,15,19,20). The largest absolute Gasteiger partial charge is 0.325 e. The number of benzene rings is 1. The van der Waals surface area contributed by atoms with Gasteiger partial charge in [-0.15, -0.1) is 0 Å². The third-order valence-corrected chi connectivity index (χ3v) is 4.72. The van der Waals surface area contributed by atoms with E-state index in [-0.39, 0.29) is 21.5 Å². The first-order valence-electron chi connectivity index (χ1n) is 6.69. The molecule has 21 heavy (non-hydrogen) atoms. The van der Waals surface area contributed by atoms with Gasteiger partial charge in [-0.05, 0) is 50.0 Å². The first kappa shape index (κ1) is 16.2. The number of nitrogens with one attached hydrogen (secondary N) is 2. The van der Waals surface area contributed by atoms with Crippen molar-refractivity contribution in [3.05, 3.63) is 23.2 Å². The van der Waals surface area contributed by atoms with Crippen LogP contribution in [-0.2, 0) is 14.8 Å². The van der Waals surface area contributed by atoms with Gasteiger partial charge in [0, 0.05) is 6.42 Å². The van der Waals surface area contributed by atoms with Crippen molar-refractivity contribution in [2.24, 2.45) is 11.1 Å². The molecule has 2 rings (SSSR count). The maximum absolute atomic E-state index is 11.9. The molecule has 0 bridgehead atoms. The lowest BCUT2D eigenvalue weighted by Crippen LogP contribution is -2.16. The predicted octanol–water partition coefficient (Wildman–Crippen LogP) is 1.32. The number of hydrogen-bond acceptors (Lipinski definition) is 4. The van der Waals surface area contributed by atoms with E-state index in [1.54, 1.807) is 0 Å². The van der Waals surface area contributed by atoms with Gasteiger partial charge in [0.05, 0.1) is 15.6 Å². The fourth-order valence-corrected chi connectivity index (χ4v) is 2.99.